The zero-order valence-corrected chi connectivity index (χ0v) is 9.34. The lowest BCUT2D eigenvalue weighted by molar-refractivity contribution is -0.120. The average molecular weight is 202 g/mol. The minimum atomic E-state index is -0.719. The number of amides is 1. The van der Waals surface area contributed by atoms with Gasteiger partial charge in [-0.25, -0.2) is 0 Å². The van der Waals surface area contributed by atoms with Gasteiger partial charge in [0.05, 0.1) is 11.6 Å². The first-order valence-corrected chi connectivity index (χ1v) is 5.24. The highest BCUT2D eigenvalue weighted by Crippen LogP contribution is 2.13. The van der Waals surface area contributed by atoms with Crippen molar-refractivity contribution in [2.24, 2.45) is 5.73 Å². The summed E-state index contributed by atoms with van der Waals surface area (Å²) in [6, 6.07) is -0.334. The number of primary amides is 1. The molecule has 0 aromatic rings. The third-order valence-electron chi connectivity index (χ3n) is 2.75. The summed E-state index contributed by atoms with van der Waals surface area (Å²) in [4.78, 5) is 10.9. The summed E-state index contributed by atoms with van der Waals surface area (Å²) in [5, 5.41) is 12.9. The Bertz CT molecular complexity index is 179. The zero-order chi connectivity index (χ0) is 11.2. The molecule has 0 aromatic carbocycles. The van der Waals surface area contributed by atoms with Crippen LogP contribution in [0, 0.1) is 0 Å². The van der Waals surface area contributed by atoms with E-state index in [1.807, 2.05) is 20.8 Å². The fourth-order valence-corrected chi connectivity index (χ4v) is 1.26. The Labute approximate surface area is 85.9 Å². The van der Waals surface area contributed by atoms with Crippen LogP contribution < -0.4 is 11.1 Å². The summed E-state index contributed by atoms with van der Waals surface area (Å²) in [6.45, 7) is 6.16. The predicted octanol–water partition coefficient (Wildman–Crippen LogP) is 0.391. The lowest BCUT2D eigenvalue weighted by Crippen LogP contribution is -2.48. The number of hydrogen-bond donors (Lipinski definition) is 3. The van der Waals surface area contributed by atoms with E-state index in [1.165, 1.54) is 0 Å². The summed E-state index contributed by atoms with van der Waals surface area (Å²) in [5.74, 6) is -0.359. The van der Waals surface area contributed by atoms with Crippen molar-refractivity contribution in [3.63, 3.8) is 0 Å². The van der Waals surface area contributed by atoms with Gasteiger partial charge < -0.3 is 16.2 Å². The molecule has 0 aliphatic carbocycles. The summed E-state index contributed by atoms with van der Waals surface area (Å²) in [6.07, 6.45) is 2.00. The monoisotopic (exact) mass is 202 g/mol. The molecule has 0 bridgehead atoms. The van der Waals surface area contributed by atoms with Crippen LogP contribution in [0.3, 0.4) is 0 Å². The van der Waals surface area contributed by atoms with Crippen molar-refractivity contribution in [3.8, 4) is 0 Å². The van der Waals surface area contributed by atoms with Crippen molar-refractivity contribution < 1.29 is 9.90 Å². The molecule has 0 rings (SSSR count). The van der Waals surface area contributed by atoms with E-state index in [2.05, 4.69) is 5.32 Å². The summed E-state index contributed by atoms with van der Waals surface area (Å²) in [5.41, 5.74) is 4.46. The topological polar surface area (TPSA) is 75.3 Å². The fourth-order valence-electron chi connectivity index (χ4n) is 1.26. The van der Waals surface area contributed by atoms with E-state index < -0.39 is 5.60 Å². The number of carbonyl (C=O) groups excluding carboxylic acids is 1. The largest absolute Gasteiger partial charge is 0.389 e. The molecule has 0 aliphatic heterocycles. The summed E-state index contributed by atoms with van der Waals surface area (Å²) < 4.78 is 0. The highest BCUT2D eigenvalue weighted by Gasteiger charge is 2.24. The van der Waals surface area contributed by atoms with Crippen LogP contribution in [0.4, 0.5) is 0 Å². The van der Waals surface area contributed by atoms with Crippen LogP contribution in [-0.4, -0.2) is 29.2 Å². The maximum atomic E-state index is 10.9. The first kappa shape index (κ1) is 13.4. The molecule has 0 aliphatic rings. The number of nitrogens with two attached hydrogens (primary N) is 1. The van der Waals surface area contributed by atoms with Gasteiger partial charge in [-0.2, -0.15) is 0 Å². The van der Waals surface area contributed by atoms with Gasteiger partial charge >= 0.3 is 0 Å². The second kappa shape index (κ2) is 5.98. The molecule has 4 heteroatoms. The van der Waals surface area contributed by atoms with Gasteiger partial charge in [-0.05, 0) is 19.3 Å². The maximum Gasteiger partial charge on any atom is 0.234 e. The number of carbonyl (C=O) groups is 1. The highest BCUT2D eigenvalue weighted by atomic mass is 16.3. The second-order valence-electron chi connectivity index (χ2n) is 3.68. The lowest BCUT2D eigenvalue weighted by Gasteiger charge is -2.27. The number of hydrogen-bond acceptors (Lipinski definition) is 3. The Morgan fingerprint density at radius 3 is 2.21 bits per heavy atom. The van der Waals surface area contributed by atoms with Crippen LogP contribution in [0.5, 0.6) is 0 Å². The van der Waals surface area contributed by atoms with E-state index in [4.69, 9.17) is 5.73 Å². The van der Waals surface area contributed by atoms with E-state index in [-0.39, 0.29) is 11.9 Å². The molecule has 1 unspecified atom stereocenters. The summed E-state index contributed by atoms with van der Waals surface area (Å²) in [7, 11) is 0. The predicted molar refractivity (Wildman–Crippen MR) is 56.8 cm³/mol. The van der Waals surface area contributed by atoms with Crippen LogP contribution >= 0.6 is 0 Å². The van der Waals surface area contributed by atoms with Gasteiger partial charge in [-0.1, -0.05) is 20.8 Å². The van der Waals surface area contributed by atoms with E-state index >= 15 is 0 Å². The van der Waals surface area contributed by atoms with Gasteiger partial charge in [0, 0.05) is 6.54 Å². The molecule has 0 saturated carbocycles. The number of aliphatic hydroxyl groups is 1. The molecule has 0 saturated heterocycles. The van der Waals surface area contributed by atoms with Crippen LogP contribution in [0.25, 0.3) is 0 Å². The Hall–Kier alpha value is -0.610. The van der Waals surface area contributed by atoms with Crippen molar-refractivity contribution in [1.29, 1.82) is 0 Å². The van der Waals surface area contributed by atoms with E-state index in [9.17, 15) is 9.90 Å². The normalized spacial score (nSPS) is 14.0. The molecular weight excluding hydrogens is 180 g/mol. The second-order valence-corrected chi connectivity index (χ2v) is 3.68. The van der Waals surface area contributed by atoms with Gasteiger partial charge in [0.1, 0.15) is 0 Å². The molecule has 4 nitrogen and oxygen atoms in total. The van der Waals surface area contributed by atoms with Gasteiger partial charge in [0.25, 0.3) is 0 Å². The first-order valence-electron chi connectivity index (χ1n) is 5.24. The molecule has 14 heavy (non-hydrogen) atoms. The number of rotatable bonds is 7. The third kappa shape index (κ3) is 4.07. The van der Waals surface area contributed by atoms with E-state index in [1.54, 1.807) is 0 Å². The molecule has 1 amide bonds. The molecule has 1 atom stereocenters. The van der Waals surface area contributed by atoms with Crippen molar-refractivity contribution in [3.05, 3.63) is 0 Å². The van der Waals surface area contributed by atoms with E-state index in [0.717, 1.165) is 0 Å². The van der Waals surface area contributed by atoms with Crippen LogP contribution in [0.15, 0.2) is 0 Å². The third-order valence-corrected chi connectivity index (χ3v) is 2.75. The molecule has 84 valence electrons. The zero-order valence-electron chi connectivity index (χ0n) is 9.34. The summed E-state index contributed by atoms with van der Waals surface area (Å²) >= 11 is 0. The minimum absolute atomic E-state index is 0.334. The van der Waals surface area contributed by atoms with Gasteiger partial charge in [0.15, 0.2) is 0 Å². The molecule has 0 spiro atoms. The molecule has 0 aromatic heterocycles. The van der Waals surface area contributed by atoms with Crippen LogP contribution in [0.1, 0.15) is 40.0 Å². The average Bonchev–Trinajstić information content (AvgIpc) is 2.18. The fraction of sp³-hybridized carbons (Fsp3) is 0.900. The lowest BCUT2D eigenvalue weighted by atomic mass is 9.97. The van der Waals surface area contributed by atoms with Gasteiger partial charge in [-0.3, -0.25) is 4.79 Å². The van der Waals surface area contributed by atoms with Crippen molar-refractivity contribution >= 4 is 5.91 Å². The molecule has 0 radical (unpaired) electrons. The SMILES string of the molecule is CCC(NCC(O)(CC)CC)C(N)=O. The molecule has 4 N–H and O–H groups in total. The van der Waals surface area contributed by atoms with E-state index in [0.29, 0.717) is 25.8 Å². The highest BCUT2D eigenvalue weighted by molar-refractivity contribution is 5.79. The standard InChI is InChI=1S/C10H22N2O2/c1-4-8(9(11)13)12-7-10(14,5-2)6-3/h8,12,14H,4-7H2,1-3H3,(H2,11,13). The van der Waals surface area contributed by atoms with Crippen molar-refractivity contribution in [1.82, 2.24) is 5.32 Å². The van der Waals surface area contributed by atoms with Crippen molar-refractivity contribution in [2.75, 3.05) is 6.54 Å². The minimum Gasteiger partial charge on any atom is -0.389 e. The van der Waals surface area contributed by atoms with Crippen LogP contribution in [0.2, 0.25) is 0 Å². The maximum absolute atomic E-state index is 10.9. The van der Waals surface area contributed by atoms with Gasteiger partial charge in [-0.15, -0.1) is 0 Å². The van der Waals surface area contributed by atoms with Gasteiger partial charge in [0.2, 0.25) is 5.91 Å². The van der Waals surface area contributed by atoms with Crippen LogP contribution in [-0.2, 0) is 4.79 Å². The molecule has 0 heterocycles. The molecule has 0 fully saturated rings. The Kier molecular flexibility index (Phi) is 5.72. The Morgan fingerprint density at radius 2 is 1.93 bits per heavy atom. The number of nitrogens with one attached hydrogen (secondary N) is 1. The Morgan fingerprint density at radius 1 is 1.43 bits per heavy atom. The van der Waals surface area contributed by atoms with Crippen molar-refractivity contribution in [2.45, 2.75) is 51.7 Å². The molecular formula is C10H22N2O2. The smallest absolute Gasteiger partial charge is 0.234 e. The Balaban J connectivity index is 4.07. The first-order chi connectivity index (χ1) is 6.49. The quantitative estimate of drug-likeness (QED) is 0.559.